The van der Waals surface area contributed by atoms with Crippen LogP contribution in [-0.4, -0.2) is 53.6 Å². The number of aromatic amines is 1. The van der Waals surface area contributed by atoms with Crippen molar-refractivity contribution in [3.05, 3.63) is 53.3 Å². The van der Waals surface area contributed by atoms with Crippen LogP contribution in [0, 0.1) is 0 Å². The van der Waals surface area contributed by atoms with Crippen LogP contribution in [-0.2, 0) is 9.47 Å². The van der Waals surface area contributed by atoms with Gasteiger partial charge in [-0.05, 0) is 61.5 Å². The fourth-order valence-electron chi connectivity index (χ4n) is 5.52. The number of hydrogen-bond acceptors (Lipinski definition) is 4. The number of methoxy groups -OCH3 is 1. The Morgan fingerprint density at radius 2 is 1.91 bits per heavy atom. The molecule has 1 aliphatic heterocycles. The van der Waals surface area contributed by atoms with Crippen molar-refractivity contribution in [2.75, 3.05) is 20.3 Å². The van der Waals surface area contributed by atoms with Crippen LogP contribution in [0.15, 0.2) is 36.5 Å². The zero-order valence-corrected chi connectivity index (χ0v) is 19.6. The molecule has 4 rings (SSSR count). The number of carbonyl (C=O) groups excluding carboxylic acids is 1. The van der Waals surface area contributed by atoms with Gasteiger partial charge in [-0.2, -0.15) is 5.10 Å². The molecule has 1 saturated heterocycles. The second kappa shape index (κ2) is 10.5. The lowest BCUT2D eigenvalue weighted by Crippen LogP contribution is -2.50. The Kier molecular flexibility index (Phi) is 7.51. The Balaban J connectivity index is 1.43. The maximum Gasteiger partial charge on any atom is 0.409 e. The van der Waals surface area contributed by atoms with Crippen LogP contribution < -0.4 is 0 Å². The van der Waals surface area contributed by atoms with Crippen molar-refractivity contribution < 1.29 is 14.3 Å². The molecule has 0 radical (unpaired) electrons. The highest BCUT2D eigenvalue weighted by Crippen LogP contribution is 2.38. The first-order valence-electron chi connectivity index (χ1n) is 12.1. The highest BCUT2D eigenvalue weighted by atomic mass is 16.5. The van der Waals surface area contributed by atoms with E-state index in [1.165, 1.54) is 18.2 Å². The Morgan fingerprint density at radius 3 is 2.59 bits per heavy atom. The summed E-state index contributed by atoms with van der Waals surface area (Å²) in [6, 6.07) is 10.8. The number of ether oxygens (including phenoxy) is 2. The quantitative estimate of drug-likeness (QED) is 0.637. The molecule has 1 N–H and O–H groups in total. The molecule has 2 heterocycles. The summed E-state index contributed by atoms with van der Waals surface area (Å²) >= 11 is 0. The molecule has 2 fully saturated rings. The Morgan fingerprint density at radius 1 is 1.16 bits per heavy atom. The summed E-state index contributed by atoms with van der Waals surface area (Å²) in [6.07, 6.45) is 8.37. The minimum Gasteiger partial charge on any atom is -0.453 e. The van der Waals surface area contributed by atoms with E-state index < -0.39 is 0 Å². The number of carbonyl (C=O) groups is 1. The highest BCUT2D eigenvalue weighted by molar-refractivity contribution is 5.68. The fourth-order valence-corrected chi connectivity index (χ4v) is 5.52. The number of likely N-dealkylation sites (tertiary alicyclic amines) is 1. The average molecular weight is 440 g/mol. The Labute approximate surface area is 191 Å². The number of nitrogens with zero attached hydrogens (tertiary/aromatic N) is 2. The maximum absolute atomic E-state index is 12.6. The minimum absolute atomic E-state index is 0.0520. The number of H-pyrrole nitrogens is 1. The third-order valence-corrected chi connectivity index (χ3v) is 7.31. The lowest BCUT2D eigenvalue weighted by molar-refractivity contribution is -0.0243. The number of amides is 1. The largest absolute Gasteiger partial charge is 0.453 e. The molecule has 6 heteroatoms. The molecular weight excluding hydrogens is 402 g/mol. The lowest BCUT2D eigenvalue weighted by atomic mass is 9.82. The first-order chi connectivity index (χ1) is 15.6. The van der Waals surface area contributed by atoms with Crippen LogP contribution in [0.25, 0.3) is 0 Å². The van der Waals surface area contributed by atoms with E-state index in [0.29, 0.717) is 25.0 Å². The SMILES string of the molecule is COC(=O)N1CCC[C@@H](c2n[nH]cc2C(C)C)[C@H]1CO[C@H]1CC[C@@H](c2ccccc2)CC1. The van der Waals surface area contributed by atoms with Gasteiger partial charge in [0, 0.05) is 18.7 Å². The first kappa shape index (κ1) is 22.8. The van der Waals surface area contributed by atoms with Gasteiger partial charge in [0.25, 0.3) is 0 Å². The number of nitrogens with one attached hydrogen (secondary N) is 1. The molecule has 1 amide bonds. The molecule has 6 nitrogen and oxygen atoms in total. The summed E-state index contributed by atoms with van der Waals surface area (Å²) in [5.74, 6) is 1.17. The summed E-state index contributed by atoms with van der Waals surface area (Å²) in [7, 11) is 1.46. The van der Waals surface area contributed by atoms with Gasteiger partial charge in [-0.1, -0.05) is 44.2 Å². The zero-order valence-electron chi connectivity index (χ0n) is 19.6. The van der Waals surface area contributed by atoms with Crippen molar-refractivity contribution in [1.29, 1.82) is 0 Å². The third kappa shape index (κ3) is 5.01. The van der Waals surface area contributed by atoms with Crippen molar-refractivity contribution in [2.24, 2.45) is 0 Å². The normalized spacial score (nSPS) is 26.3. The third-order valence-electron chi connectivity index (χ3n) is 7.31. The zero-order chi connectivity index (χ0) is 22.5. The average Bonchev–Trinajstić information content (AvgIpc) is 3.33. The predicted molar refractivity (Wildman–Crippen MR) is 125 cm³/mol. The minimum atomic E-state index is -0.266. The fraction of sp³-hybridized carbons (Fsp3) is 0.615. The summed E-state index contributed by atoms with van der Waals surface area (Å²) in [5.41, 5.74) is 3.75. The van der Waals surface area contributed by atoms with Crippen molar-refractivity contribution in [3.8, 4) is 0 Å². The van der Waals surface area contributed by atoms with Gasteiger partial charge >= 0.3 is 6.09 Å². The molecule has 2 aromatic rings. The van der Waals surface area contributed by atoms with Crippen molar-refractivity contribution in [2.45, 2.75) is 82.3 Å². The molecule has 0 unspecified atom stereocenters. The maximum atomic E-state index is 12.6. The van der Waals surface area contributed by atoms with E-state index in [9.17, 15) is 4.79 Å². The first-order valence-corrected chi connectivity index (χ1v) is 12.1. The summed E-state index contributed by atoms with van der Waals surface area (Å²) < 4.78 is 11.6. The molecule has 2 aliphatic rings. The molecule has 0 bridgehead atoms. The second-order valence-electron chi connectivity index (χ2n) is 9.58. The Hall–Kier alpha value is -2.34. The van der Waals surface area contributed by atoms with Crippen LogP contribution in [0.2, 0.25) is 0 Å². The smallest absolute Gasteiger partial charge is 0.409 e. The summed E-state index contributed by atoms with van der Waals surface area (Å²) in [4.78, 5) is 14.4. The number of benzene rings is 1. The molecule has 1 aromatic carbocycles. The van der Waals surface area contributed by atoms with E-state index in [1.54, 1.807) is 0 Å². The van der Waals surface area contributed by atoms with Crippen molar-refractivity contribution in [3.63, 3.8) is 0 Å². The van der Waals surface area contributed by atoms with E-state index in [0.717, 1.165) is 44.2 Å². The molecule has 1 saturated carbocycles. The van der Waals surface area contributed by atoms with Crippen molar-refractivity contribution >= 4 is 6.09 Å². The van der Waals surface area contributed by atoms with Gasteiger partial charge in [0.2, 0.25) is 0 Å². The highest BCUT2D eigenvalue weighted by Gasteiger charge is 2.39. The molecular formula is C26H37N3O3. The van der Waals surface area contributed by atoms with Crippen LogP contribution in [0.3, 0.4) is 0 Å². The predicted octanol–water partition coefficient (Wildman–Crippen LogP) is 5.59. The van der Waals surface area contributed by atoms with Gasteiger partial charge in [0.05, 0.1) is 31.6 Å². The van der Waals surface area contributed by atoms with E-state index in [4.69, 9.17) is 9.47 Å². The number of hydrogen-bond donors (Lipinski definition) is 1. The van der Waals surface area contributed by atoms with Gasteiger partial charge in [-0.15, -0.1) is 0 Å². The van der Waals surface area contributed by atoms with Crippen LogP contribution >= 0.6 is 0 Å². The Bertz CT molecular complexity index is 858. The topological polar surface area (TPSA) is 67.5 Å². The standard InChI is InChI=1S/C26H37N3O3/c1-18(2)23-16-27-28-25(23)22-10-7-15-29(26(30)31-3)24(22)17-32-21-13-11-20(12-14-21)19-8-5-4-6-9-19/h4-6,8-9,16,18,20-22,24H,7,10-15,17H2,1-3H3,(H,27,28)/t20-,21+,22-,24-/m1/s1. The van der Waals surface area contributed by atoms with E-state index in [2.05, 4.69) is 54.4 Å². The van der Waals surface area contributed by atoms with Crippen LogP contribution in [0.1, 0.15) is 86.9 Å². The van der Waals surface area contributed by atoms with Gasteiger partial charge in [0.15, 0.2) is 0 Å². The summed E-state index contributed by atoms with van der Waals surface area (Å²) in [5, 5.41) is 7.67. The second-order valence-corrected chi connectivity index (χ2v) is 9.58. The molecule has 1 aromatic heterocycles. The van der Waals surface area contributed by atoms with Gasteiger partial charge in [0.1, 0.15) is 0 Å². The summed E-state index contributed by atoms with van der Waals surface area (Å²) in [6.45, 7) is 5.61. The molecule has 32 heavy (non-hydrogen) atoms. The van der Waals surface area contributed by atoms with Crippen LogP contribution in [0.4, 0.5) is 4.79 Å². The van der Waals surface area contributed by atoms with E-state index in [-0.39, 0.29) is 24.2 Å². The molecule has 1 aliphatic carbocycles. The van der Waals surface area contributed by atoms with E-state index >= 15 is 0 Å². The number of rotatable bonds is 6. The monoisotopic (exact) mass is 439 g/mol. The van der Waals surface area contributed by atoms with Gasteiger partial charge < -0.3 is 14.4 Å². The number of piperidine rings is 1. The number of aromatic nitrogens is 2. The molecule has 2 atom stereocenters. The lowest BCUT2D eigenvalue weighted by Gasteiger charge is -2.41. The van der Waals surface area contributed by atoms with Gasteiger partial charge in [-0.3, -0.25) is 5.10 Å². The van der Waals surface area contributed by atoms with Gasteiger partial charge in [-0.25, -0.2) is 4.79 Å². The van der Waals surface area contributed by atoms with E-state index in [1.807, 2.05) is 11.1 Å². The molecule has 0 spiro atoms. The molecule has 174 valence electrons. The van der Waals surface area contributed by atoms with Crippen LogP contribution in [0.5, 0.6) is 0 Å². The van der Waals surface area contributed by atoms with Crippen molar-refractivity contribution in [1.82, 2.24) is 15.1 Å².